The molecule has 0 aliphatic carbocycles. The number of amides is 1. The standard InChI is InChI=1S/C25H30N2O2/c1-18(15-19-7-4-3-5-8-19)17-27-23-9-6-10-25(28)26-22(23)16-24(27)20-11-13-21(29-2)14-12-20/h3-5,7-8,11-15,22-24H,6,9-10,16-17H2,1-2H3,(H,26,28)/b18-15+/t22-,23+,24+/m0/s1. The summed E-state index contributed by atoms with van der Waals surface area (Å²) in [4.78, 5) is 14.8. The molecule has 4 heteroatoms. The number of hydrogen-bond donors (Lipinski definition) is 1. The van der Waals surface area contributed by atoms with E-state index < -0.39 is 0 Å². The number of likely N-dealkylation sites (tertiary alicyclic amines) is 1. The first-order chi connectivity index (χ1) is 14.1. The Morgan fingerprint density at radius 2 is 1.93 bits per heavy atom. The zero-order valence-electron chi connectivity index (χ0n) is 17.3. The molecule has 29 heavy (non-hydrogen) atoms. The molecule has 1 N–H and O–H groups in total. The van der Waals surface area contributed by atoms with E-state index in [0.29, 0.717) is 18.5 Å². The van der Waals surface area contributed by atoms with Crippen molar-refractivity contribution in [2.75, 3.05) is 13.7 Å². The summed E-state index contributed by atoms with van der Waals surface area (Å²) in [5.41, 5.74) is 3.86. The lowest BCUT2D eigenvalue weighted by Crippen LogP contribution is -2.43. The summed E-state index contributed by atoms with van der Waals surface area (Å²) >= 11 is 0. The van der Waals surface area contributed by atoms with E-state index in [9.17, 15) is 4.79 Å². The van der Waals surface area contributed by atoms with Gasteiger partial charge >= 0.3 is 0 Å². The largest absolute Gasteiger partial charge is 0.497 e. The molecule has 0 aromatic heterocycles. The molecule has 0 bridgehead atoms. The van der Waals surface area contributed by atoms with Crippen LogP contribution in [0.2, 0.25) is 0 Å². The molecule has 0 radical (unpaired) electrons. The Kier molecular flexibility index (Phi) is 6.00. The van der Waals surface area contributed by atoms with Gasteiger partial charge in [0.05, 0.1) is 7.11 Å². The van der Waals surface area contributed by atoms with Crippen LogP contribution >= 0.6 is 0 Å². The number of nitrogens with one attached hydrogen (secondary N) is 1. The molecule has 0 saturated carbocycles. The highest BCUT2D eigenvalue weighted by Gasteiger charge is 2.43. The topological polar surface area (TPSA) is 41.6 Å². The van der Waals surface area contributed by atoms with E-state index in [2.05, 4.69) is 59.6 Å². The molecule has 2 heterocycles. The van der Waals surface area contributed by atoms with Gasteiger partial charge in [-0.15, -0.1) is 0 Å². The Hall–Kier alpha value is -2.59. The summed E-state index contributed by atoms with van der Waals surface area (Å²) in [7, 11) is 1.70. The quantitative estimate of drug-likeness (QED) is 0.812. The van der Waals surface area contributed by atoms with Crippen molar-refractivity contribution in [2.24, 2.45) is 0 Å². The third-order valence-electron chi connectivity index (χ3n) is 6.16. The van der Waals surface area contributed by atoms with E-state index >= 15 is 0 Å². The molecule has 152 valence electrons. The number of carbonyl (C=O) groups is 1. The molecule has 2 aromatic rings. The maximum Gasteiger partial charge on any atom is 0.220 e. The van der Waals surface area contributed by atoms with Crippen molar-refractivity contribution in [1.82, 2.24) is 10.2 Å². The fraction of sp³-hybridized carbons (Fsp3) is 0.400. The number of hydrogen-bond acceptors (Lipinski definition) is 3. The Balaban J connectivity index is 1.61. The number of methoxy groups -OCH3 is 1. The van der Waals surface area contributed by atoms with Gasteiger partial charge in [-0.05, 0) is 49.4 Å². The second-order valence-corrected chi connectivity index (χ2v) is 8.23. The van der Waals surface area contributed by atoms with Gasteiger partial charge in [0.15, 0.2) is 0 Å². The van der Waals surface area contributed by atoms with Gasteiger partial charge in [0.25, 0.3) is 0 Å². The van der Waals surface area contributed by atoms with Crippen molar-refractivity contribution in [3.05, 3.63) is 71.3 Å². The predicted octanol–water partition coefficient (Wildman–Crippen LogP) is 4.58. The summed E-state index contributed by atoms with van der Waals surface area (Å²) in [6.07, 6.45) is 5.90. The van der Waals surface area contributed by atoms with Gasteiger partial charge in [-0.3, -0.25) is 9.69 Å². The Morgan fingerprint density at radius 3 is 2.66 bits per heavy atom. The highest BCUT2D eigenvalue weighted by Crippen LogP contribution is 2.40. The SMILES string of the molecule is COc1ccc([C@H]2C[C@@H]3NC(=O)CCC[C@H]3N2C/C(C)=C/c2ccccc2)cc1. The summed E-state index contributed by atoms with van der Waals surface area (Å²) in [5.74, 6) is 1.07. The monoisotopic (exact) mass is 390 g/mol. The van der Waals surface area contributed by atoms with Gasteiger partial charge in [0.2, 0.25) is 5.91 Å². The van der Waals surface area contributed by atoms with Crippen LogP contribution in [0.25, 0.3) is 6.08 Å². The summed E-state index contributed by atoms with van der Waals surface area (Å²) in [5, 5.41) is 3.29. The van der Waals surface area contributed by atoms with Crippen molar-refractivity contribution in [3.63, 3.8) is 0 Å². The Bertz CT molecular complexity index is 860. The van der Waals surface area contributed by atoms with E-state index in [1.165, 1.54) is 16.7 Å². The van der Waals surface area contributed by atoms with Crippen LogP contribution in [0, 0.1) is 0 Å². The Morgan fingerprint density at radius 1 is 1.17 bits per heavy atom. The zero-order chi connectivity index (χ0) is 20.2. The van der Waals surface area contributed by atoms with Crippen LogP contribution in [-0.4, -0.2) is 36.5 Å². The van der Waals surface area contributed by atoms with Gasteiger partial charge in [-0.2, -0.15) is 0 Å². The number of rotatable bonds is 5. The number of benzene rings is 2. The van der Waals surface area contributed by atoms with E-state index in [0.717, 1.165) is 31.6 Å². The molecule has 0 spiro atoms. The number of fused-ring (bicyclic) bond motifs is 1. The maximum absolute atomic E-state index is 12.2. The molecule has 2 fully saturated rings. The highest BCUT2D eigenvalue weighted by molar-refractivity contribution is 5.76. The molecule has 0 unspecified atom stereocenters. The lowest BCUT2D eigenvalue weighted by atomic mass is 10.0. The van der Waals surface area contributed by atoms with E-state index in [-0.39, 0.29) is 11.9 Å². The average Bonchev–Trinajstić information content (AvgIpc) is 2.93. The van der Waals surface area contributed by atoms with Crippen LogP contribution in [0.3, 0.4) is 0 Å². The first kappa shape index (κ1) is 19.7. The van der Waals surface area contributed by atoms with Gasteiger partial charge in [0, 0.05) is 31.1 Å². The molecular weight excluding hydrogens is 360 g/mol. The summed E-state index contributed by atoms with van der Waals surface area (Å²) < 4.78 is 5.34. The molecule has 2 saturated heterocycles. The van der Waals surface area contributed by atoms with Crippen molar-refractivity contribution < 1.29 is 9.53 Å². The van der Waals surface area contributed by atoms with E-state index in [4.69, 9.17) is 4.74 Å². The third kappa shape index (κ3) is 4.54. The maximum atomic E-state index is 12.2. The van der Waals surface area contributed by atoms with Crippen LogP contribution in [0.4, 0.5) is 0 Å². The second kappa shape index (κ2) is 8.83. The fourth-order valence-corrected chi connectivity index (χ4v) is 4.82. The third-order valence-corrected chi connectivity index (χ3v) is 6.16. The second-order valence-electron chi connectivity index (χ2n) is 8.23. The average molecular weight is 391 g/mol. The van der Waals surface area contributed by atoms with Gasteiger partial charge in [-0.1, -0.05) is 54.1 Å². The Labute approximate surface area is 173 Å². The molecule has 1 amide bonds. The van der Waals surface area contributed by atoms with Crippen LogP contribution in [0.1, 0.15) is 49.8 Å². The molecule has 4 nitrogen and oxygen atoms in total. The normalized spacial score (nSPS) is 25.2. The lowest BCUT2D eigenvalue weighted by molar-refractivity contribution is -0.121. The minimum Gasteiger partial charge on any atom is -0.497 e. The molecule has 2 aromatic carbocycles. The minimum absolute atomic E-state index is 0.199. The first-order valence-corrected chi connectivity index (χ1v) is 10.6. The molecular formula is C25H30N2O2. The van der Waals surface area contributed by atoms with Crippen molar-refractivity contribution >= 4 is 12.0 Å². The number of ether oxygens (including phenoxy) is 1. The smallest absolute Gasteiger partial charge is 0.220 e. The van der Waals surface area contributed by atoms with Crippen LogP contribution in [0.5, 0.6) is 5.75 Å². The van der Waals surface area contributed by atoms with Gasteiger partial charge in [0.1, 0.15) is 5.75 Å². The summed E-state index contributed by atoms with van der Waals surface area (Å²) in [6, 6.07) is 19.8. The fourth-order valence-electron chi connectivity index (χ4n) is 4.82. The van der Waals surface area contributed by atoms with Crippen molar-refractivity contribution in [2.45, 2.75) is 50.7 Å². The van der Waals surface area contributed by atoms with Gasteiger partial charge < -0.3 is 10.1 Å². The molecule has 3 atom stereocenters. The number of carbonyl (C=O) groups excluding carboxylic acids is 1. The molecule has 2 aliphatic rings. The first-order valence-electron chi connectivity index (χ1n) is 10.6. The van der Waals surface area contributed by atoms with Gasteiger partial charge in [-0.25, -0.2) is 0 Å². The zero-order valence-corrected chi connectivity index (χ0v) is 17.3. The lowest BCUT2D eigenvalue weighted by Gasteiger charge is -2.31. The highest BCUT2D eigenvalue weighted by atomic mass is 16.5. The predicted molar refractivity (Wildman–Crippen MR) is 117 cm³/mol. The number of nitrogens with zero attached hydrogens (tertiary/aromatic N) is 1. The minimum atomic E-state index is 0.199. The van der Waals surface area contributed by atoms with Crippen LogP contribution < -0.4 is 10.1 Å². The van der Waals surface area contributed by atoms with Crippen molar-refractivity contribution in [1.29, 1.82) is 0 Å². The molecule has 4 rings (SSSR count). The van der Waals surface area contributed by atoms with E-state index in [1.54, 1.807) is 7.11 Å². The molecule has 2 aliphatic heterocycles. The van der Waals surface area contributed by atoms with Crippen LogP contribution in [0.15, 0.2) is 60.2 Å². The van der Waals surface area contributed by atoms with Crippen molar-refractivity contribution in [3.8, 4) is 5.75 Å². The van der Waals surface area contributed by atoms with Crippen LogP contribution in [-0.2, 0) is 4.79 Å². The van der Waals surface area contributed by atoms with E-state index in [1.807, 2.05) is 18.2 Å². The summed E-state index contributed by atoms with van der Waals surface area (Å²) in [6.45, 7) is 3.11.